The summed E-state index contributed by atoms with van der Waals surface area (Å²) in [6, 6.07) is 7.21. The molecule has 6 nitrogen and oxygen atoms in total. The van der Waals surface area contributed by atoms with Crippen LogP contribution >= 0.6 is 0 Å². The molecule has 6 heteroatoms. The maximum absolute atomic E-state index is 12.1. The lowest BCUT2D eigenvalue weighted by Gasteiger charge is -2.10. The van der Waals surface area contributed by atoms with Crippen molar-refractivity contribution in [2.24, 2.45) is 0 Å². The van der Waals surface area contributed by atoms with Gasteiger partial charge in [0.1, 0.15) is 11.6 Å². The molecule has 2 heterocycles. The van der Waals surface area contributed by atoms with Crippen molar-refractivity contribution in [2.45, 2.75) is 18.9 Å². The molecule has 1 aromatic rings. The van der Waals surface area contributed by atoms with Crippen LogP contribution in [-0.4, -0.2) is 32.0 Å². The van der Waals surface area contributed by atoms with Crippen molar-refractivity contribution in [2.75, 3.05) is 19.9 Å². The van der Waals surface area contributed by atoms with Gasteiger partial charge in [-0.1, -0.05) is 6.07 Å². The Hall–Kier alpha value is -2.52. The van der Waals surface area contributed by atoms with E-state index in [1.807, 2.05) is 6.07 Å². The van der Waals surface area contributed by atoms with Gasteiger partial charge in [-0.3, -0.25) is 4.79 Å². The van der Waals surface area contributed by atoms with E-state index in [1.165, 1.54) is 6.08 Å². The molecule has 1 N–H and O–H groups in total. The van der Waals surface area contributed by atoms with Crippen molar-refractivity contribution >= 4 is 12.0 Å². The summed E-state index contributed by atoms with van der Waals surface area (Å²) in [5, 5.41) is 11.9. The highest BCUT2D eigenvalue weighted by Gasteiger charge is 2.18. The zero-order valence-corrected chi connectivity index (χ0v) is 12.0. The van der Waals surface area contributed by atoms with Gasteiger partial charge in [0.15, 0.2) is 11.5 Å². The average Bonchev–Trinajstić information content (AvgIpc) is 3.20. The minimum Gasteiger partial charge on any atom is -0.454 e. The molecule has 0 saturated carbocycles. The summed E-state index contributed by atoms with van der Waals surface area (Å²) < 4.78 is 15.9. The lowest BCUT2D eigenvalue weighted by molar-refractivity contribution is -0.117. The normalized spacial score (nSPS) is 19.8. The molecule has 1 atom stereocenters. The molecule has 1 saturated heterocycles. The standard InChI is InChI=1S/C16H16N2O4/c17-8-12(16(19)18-9-13-2-1-5-20-13)6-11-3-4-14-15(7-11)22-10-21-14/h3-4,6-7,13H,1-2,5,9-10H2,(H,18,19). The summed E-state index contributed by atoms with van der Waals surface area (Å²) in [4.78, 5) is 12.1. The Morgan fingerprint density at radius 2 is 2.27 bits per heavy atom. The Morgan fingerprint density at radius 1 is 1.41 bits per heavy atom. The fourth-order valence-electron chi connectivity index (χ4n) is 2.43. The van der Waals surface area contributed by atoms with Crippen LogP contribution < -0.4 is 14.8 Å². The van der Waals surface area contributed by atoms with Crippen molar-refractivity contribution < 1.29 is 19.0 Å². The third-order valence-electron chi connectivity index (χ3n) is 3.59. The number of rotatable bonds is 4. The topological polar surface area (TPSA) is 80.6 Å². The summed E-state index contributed by atoms with van der Waals surface area (Å²) >= 11 is 0. The van der Waals surface area contributed by atoms with Crippen LogP contribution in [-0.2, 0) is 9.53 Å². The van der Waals surface area contributed by atoms with Crippen LogP contribution in [0, 0.1) is 11.3 Å². The van der Waals surface area contributed by atoms with E-state index in [0.29, 0.717) is 23.6 Å². The van der Waals surface area contributed by atoms with Crippen LogP contribution in [0.4, 0.5) is 0 Å². The lowest BCUT2D eigenvalue weighted by Crippen LogP contribution is -2.32. The van der Waals surface area contributed by atoms with E-state index in [0.717, 1.165) is 19.4 Å². The highest BCUT2D eigenvalue weighted by Crippen LogP contribution is 2.33. The van der Waals surface area contributed by atoms with Gasteiger partial charge in [0.2, 0.25) is 6.79 Å². The molecular weight excluding hydrogens is 284 g/mol. The monoisotopic (exact) mass is 300 g/mol. The van der Waals surface area contributed by atoms with Crippen LogP contribution in [0.2, 0.25) is 0 Å². The summed E-state index contributed by atoms with van der Waals surface area (Å²) in [7, 11) is 0. The first-order valence-electron chi connectivity index (χ1n) is 7.17. The smallest absolute Gasteiger partial charge is 0.262 e. The van der Waals surface area contributed by atoms with Crippen molar-refractivity contribution in [1.29, 1.82) is 5.26 Å². The molecule has 2 aliphatic rings. The van der Waals surface area contributed by atoms with Gasteiger partial charge in [-0.25, -0.2) is 0 Å². The van der Waals surface area contributed by atoms with E-state index in [1.54, 1.807) is 18.2 Å². The lowest BCUT2D eigenvalue weighted by atomic mass is 10.1. The van der Waals surface area contributed by atoms with Crippen LogP contribution in [0.25, 0.3) is 6.08 Å². The molecule has 114 valence electrons. The Morgan fingerprint density at radius 3 is 3.05 bits per heavy atom. The van der Waals surface area contributed by atoms with Gasteiger partial charge in [0, 0.05) is 13.2 Å². The molecule has 1 unspecified atom stereocenters. The van der Waals surface area contributed by atoms with Crippen molar-refractivity contribution in [1.82, 2.24) is 5.32 Å². The van der Waals surface area contributed by atoms with Crippen LogP contribution in [0.1, 0.15) is 18.4 Å². The quantitative estimate of drug-likeness (QED) is 0.675. The third kappa shape index (κ3) is 3.21. The van der Waals surface area contributed by atoms with E-state index < -0.39 is 5.91 Å². The molecule has 0 aliphatic carbocycles. The van der Waals surface area contributed by atoms with E-state index in [2.05, 4.69) is 5.32 Å². The predicted octanol–water partition coefficient (Wildman–Crippen LogP) is 1.62. The molecule has 1 aromatic carbocycles. The van der Waals surface area contributed by atoms with Gasteiger partial charge in [-0.15, -0.1) is 0 Å². The maximum Gasteiger partial charge on any atom is 0.262 e. The zero-order chi connectivity index (χ0) is 15.4. The molecular formula is C16H16N2O4. The summed E-state index contributed by atoms with van der Waals surface area (Å²) in [6.45, 7) is 1.35. The highest BCUT2D eigenvalue weighted by atomic mass is 16.7. The molecule has 1 amide bonds. The Kier molecular flexibility index (Phi) is 4.26. The molecule has 0 bridgehead atoms. The number of ether oxygens (including phenoxy) is 3. The number of nitriles is 1. The Labute approximate surface area is 128 Å². The van der Waals surface area contributed by atoms with Gasteiger partial charge >= 0.3 is 0 Å². The fourth-order valence-corrected chi connectivity index (χ4v) is 2.43. The fraction of sp³-hybridized carbons (Fsp3) is 0.375. The molecule has 0 radical (unpaired) electrons. The minimum atomic E-state index is -0.393. The van der Waals surface area contributed by atoms with Crippen molar-refractivity contribution in [3.05, 3.63) is 29.3 Å². The van der Waals surface area contributed by atoms with Gasteiger partial charge < -0.3 is 19.5 Å². The third-order valence-corrected chi connectivity index (χ3v) is 3.59. The van der Waals surface area contributed by atoms with E-state index in [9.17, 15) is 10.1 Å². The molecule has 0 aromatic heterocycles. The summed E-state index contributed by atoms with van der Waals surface area (Å²) in [5.41, 5.74) is 0.768. The molecule has 2 aliphatic heterocycles. The van der Waals surface area contributed by atoms with Crippen LogP contribution in [0.3, 0.4) is 0 Å². The SMILES string of the molecule is N#CC(=Cc1ccc2c(c1)OCO2)C(=O)NCC1CCCO1. The first kappa shape index (κ1) is 14.4. The van der Waals surface area contributed by atoms with Gasteiger partial charge in [-0.2, -0.15) is 5.26 Å². The minimum absolute atomic E-state index is 0.0504. The Bertz CT molecular complexity index is 642. The van der Waals surface area contributed by atoms with Crippen molar-refractivity contribution in [3.63, 3.8) is 0 Å². The summed E-state index contributed by atoms with van der Waals surface area (Å²) in [6.07, 6.45) is 3.54. The number of fused-ring (bicyclic) bond motifs is 1. The van der Waals surface area contributed by atoms with Crippen LogP contribution in [0.15, 0.2) is 23.8 Å². The van der Waals surface area contributed by atoms with Gasteiger partial charge in [-0.05, 0) is 36.6 Å². The molecule has 1 fully saturated rings. The average molecular weight is 300 g/mol. The predicted molar refractivity (Wildman–Crippen MR) is 78.1 cm³/mol. The number of benzene rings is 1. The number of amides is 1. The van der Waals surface area contributed by atoms with E-state index in [-0.39, 0.29) is 18.5 Å². The molecule has 0 spiro atoms. The molecule has 22 heavy (non-hydrogen) atoms. The first-order chi connectivity index (χ1) is 10.8. The second-order valence-corrected chi connectivity index (χ2v) is 5.13. The zero-order valence-electron chi connectivity index (χ0n) is 12.0. The number of hydrogen-bond acceptors (Lipinski definition) is 5. The largest absolute Gasteiger partial charge is 0.454 e. The number of hydrogen-bond donors (Lipinski definition) is 1. The second kappa shape index (κ2) is 6.50. The van der Waals surface area contributed by atoms with Crippen LogP contribution in [0.5, 0.6) is 11.5 Å². The van der Waals surface area contributed by atoms with Gasteiger partial charge in [0.05, 0.1) is 6.10 Å². The van der Waals surface area contributed by atoms with E-state index >= 15 is 0 Å². The number of nitrogens with zero attached hydrogens (tertiary/aromatic N) is 1. The number of carbonyl (C=O) groups is 1. The van der Waals surface area contributed by atoms with Gasteiger partial charge in [0.25, 0.3) is 5.91 Å². The number of carbonyl (C=O) groups excluding carboxylic acids is 1. The summed E-state index contributed by atoms with van der Waals surface area (Å²) in [5.74, 6) is 0.889. The maximum atomic E-state index is 12.1. The Balaban J connectivity index is 1.67. The first-order valence-corrected chi connectivity index (χ1v) is 7.17. The molecule has 3 rings (SSSR count). The second-order valence-electron chi connectivity index (χ2n) is 5.13. The number of nitrogens with one attached hydrogen (secondary N) is 1. The highest BCUT2D eigenvalue weighted by molar-refractivity contribution is 6.01. The van der Waals surface area contributed by atoms with E-state index in [4.69, 9.17) is 14.2 Å². The van der Waals surface area contributed by atoms with Crippen molar-refractivity contribution in [3.8, 4) is 17.6 Å².